The lowest BCUT2D eigenvalue weighted by Gasteiger charge is -2.06. The van der Waals surface area contributed by atoms with Crippen molar-refractivity contribution in [2.75, 3.05) is 11.9 Å². The first-order chi connectivity index (χ1) is 9.74. The molecule has 1 N–H and O–H groups in total. The average Bonchev–Trinajstić information content (AvgIpc) is 2.84. The molecule has 0 unspecified atom stereocenters. The zero-order valence-corrected chi connectivity index (χ0v) is 11.8. The van der Waals surface area contributed by atoms with E-state index in [-0.39, 0.29) is 0 Å². The fourth-order valence-electron chi connectivity index (χ4n) is 2.13. The average molecular weight is 288 g/mol. The number of halogens is 1. The Labute approximate surface area is 121 Å². The van der Waals surface area contributed by atoms with Crippen molar-refractivity contribution >= 4 is 28.5 Å². The zero-order valence-electron chi connectivity index (χ0n) is 11.1. The summed E-state index contributed by atoms with van der Waals surface area (Å²) in [4.78, 5) is 8.39. The second-order valence-corrected chi connectivity index (χ2v) is 5.06. The Kier molecular flexibility index (Phi) is 3.56. The van der Waals surface area contributed by atoms with Gasteiger partial charge in [-0.3, -0.25) is 0 Å². The molecule has 2 aromatic heterocycles. The Bertz CT molecular complexity index is 722. The predicted octanol–water partition coefficient (Wildman–Crippen LogP) is 3.84. The van der Waals surface area contributed by atoms with E-state index in [4.69, 9.17) is 16.0 Å². The molecule has 2 heterocycles. The molecule has 1 aromatic carbocycles. The third-order valence-electron chi connectivity index (χ3n) is 3.17. The van der Waals surface area contributed by atoms with Crippen LogP contribution in [0.1, 0.15) is 11.1 Å². The van der Waals surface area contributed by atoms with Gasteiger partial charge in [-0.15, -0.1) is 0 Å². The molecule has 0 bridgehead atoms. The fourth-order valence-corrected chi connectivity index (χ4v) is 2.25. The van der Waals surface area contributed by atoms with Gasteiger partial charge in [-0.1, -0.05) is 23.7 Å². The van der Waals surface area contributed by atoms with E-state index in [1.165, 1.54) is 11.9 Å². The van der Waals surface area contributed by atoms with Gasteiger partial charge in [0.05, 0.1) is 11.6 Å². The first kappa shape index (κ1) is 12.9. The van der Waals surface area contributed by atoms with Crippen LogP contribution >= 0.6 is 11.6 Å². The largest absolute Gasteiger partial charge is 0.446 e. The molecule has 0 atom stereocenters. The molecule has 3 rings (SSSR count). The van der Waals surface area contributed by atoms with Crippen molar-refractivity contribution in [2.24, 2.45) is 0 Å². The highest BCUT2D eigenvalue weighted by atomic mass is 35.5. The van der Waals surface area contributed by atoms with Crippen molar-refractivity contribution in [1.82, 2.24) is 9.97 Å². The summed E-state index contributed by atoms with van der Waals surface area (Å²) in [5, 5.41) is 5.04. The third kappa shape index (κ3) is 2.60. The van der Waals surface area contributed by atoms with E-state index >= 15 is 0 Å². The summed E-state index contributed by atoms with van der Waals surface area (Å²) in [7, 11) is 0. The highest BCUT2D eigenvalue weighted by molar-refractivity contribution is 6.30. The van der Waals surface area contributed by atoms with Gasteiger partial charge in [-0.25, -0.2) is 9.97 Å². The molecule has 0 fully saturated rings. The van der Waals surface area contributed by atoms with Gasteiger partial charge in [-0.2, -0.15) is 0 Å². The van der Waals surface area contributed by atoms with Crippen LogP contribution in [0.3, 0.4) is 0 Å². The number of anilines is 1. The third-order valence-corrected chi connectivity index (χ3v) is 3.43. The molecule has 102 valence electrons. The van der Waals surface area contributed by atoms with Crippen LogP contribution < -0.4 is 5.32 Å². The molecule has 0 saturated carbocycles. The van der Waals surface area contributed by atoms with Gasteiger partial charge in [0, 0.05) is 17.1 Å². The molecule has 0 aliphatic heterocycles. The number of nitrogens with one attached hydrogen (secondary N) is 1. The van der Waals surface area contributed by atoms with Crippen molar-refractivity contribution in [2.45, 2.75) is 13.3 Å². The van der Waals surface area contributed by atoms with E-state index in [0.717, 1.165) is 34.8 Å². The number of nitrogens with zero attached hydrogens (tertiary/aromatic N) is 2. The SMILES string of the molecule is Cc1coc2ncnc(NCCc3ccc(Cl)cc3)c12. The minimum Gasteiger partial charge on any atom is -0.446 e. The van der Waals surface area contributed by atoms with Crippen molar-refractivity contribution in [1.29, 1.82) is 0 Å². The van der Waals surface area contributed by atoms with Gasteiger partial charge in [0.15, 0.2) is 0 Å². The van der Waals surface area contributed by atoms with Gasteiger partial charge in [0.25, 0.3) is 0 Å². The van der Waals surface area contributed by atoms with Crippen LogP contribution in [0.2, 0.25) is 5.02 Å². The van der Waals surface area contributed by atoms with E-state index in [1.807, 2.05) is 31.2 Å². The molecule has 4 nitrogen and oxygen atoms in total. The number of hydrogen-bond donors (Lipinski definition) is 1. The van der Waals surface area contributed by atoms with Crippen LogP contribution in [0.5, 0.6) is 0 Å². The smallest absolute Gasteiger partial charge is 0.231 e. The van der Waals surface area contributed by atoms with Crippen LogP contribution in [-0.2, 0) is 6.42 Å². The van der Waals surface area contributed by atoms with Crippen molar-refractivity contribution in [3.05, 3.63) is 53.0 Å². The number of furan rings is 1. The minimum absolute atomic E-state index is 0.617. The van der Waals surface area contributed by atoms with E-state index in [0.29, 0.717) is 5.71 Å². The lowest BCUT2D eigenvalue weighted by Crippen LogP contribution is -2.07. The Morgan fingerprint density at radius 3 is 2.80 bits per heavy atom. The molecule has 0 amide bonds. The second kappa shape index (κ2) is 5.51. The van der Waals surface area contributed by atoms with Crippen molar-refractivity contribution in [3.63, 3.8) is 0 Å². The van der Waals surface area contributed by atoms with Crippen LogP contribution in [0.4, 0.5) is 5.82 Å². The number of fused-ring (bicyclic) bond motifs is 1. The monoisotopic (exact) mass is 287 g/mol. The van der Waals surface area contributed by atoms with Crippen LogP contribution in [0, 0.1) is 6.92 Å². The Morgan fingerprint density at radius 1 is 1.20 bits per heavy atom. The van der Waals surface area contributed by atoms with Gasteiger partial charge in [0.1, 0.15) is 12.1 Å². The quantitative estimate of drug-likeness (QED) is 0.792. The molecule has 0 saturated heterocycles. The molecular weight excluding hydrogens is 274 g/mol. The molecule has 0 aliphatic rings. The van der Waals surface area contributed by atoms with Gasteiger partial charge >= 0.3 is 0 Å². The lowest BCUT2D eigenvalue weighted by molar-refractivity contribution is 0.600. The van der Waals surface area contributed by atoms with E-state index in [1.54, 1.807) is 6.26 Å². The van der Waals surface area contributed by atoms with Gasteiger partial charge < -0.3 is 9.73 Å². The minimum atomic E-state index is 0.617. The maximum absolute atomic E-state index is 5.87. The molecular formula is C15H14ClN3O. The number of aryl methyl sites for hydroxylation is 1. The first-order valence-electron chi connectivity index (χ1n) is 6.41. The lowest BCUT2D eigenvalue weighted by atomic mass is 10.1. The topological polar surface area (TPSA) is 51.0 Å². The first-order valence-corrected chi connectivity index (χ1v) is 6.79. The molecule has 0 aliphatic carbocycles. The van der Waals surface area contributed by atoms with Crippen LogP contribution in [0.25, 0.3) is 11.1 Å². The normalized spacial score (nSPS) is 10.9. The summed E-state index contributed by atoms with van der Waals surface area (Å²) in [5.41, 5.74) is 2.89. The molecule has 3 aromatic rings. The summed E-state index contributed by atoms with van der Waals surface area (Å²) in [5.74, 6) is 0.815. The Hall–Kier alpha value is -2.07. The summed E-state index contributed by atoms with van der Waals surface area (Å²) < 4.78 is 5.36. The van der Waals surface area contributed by atoms with Gasteiger partial charge in [0.2, 0.25) is 5.71 Å². The van der Waals surface area contributed by atoms with Crippen LogP contribution in [0.15, 0.2) is 41.3 Å². The van der Waals surface area contributed by atoms with E-state index in [9.17, 15) is 0 Å². The Balaban J connectivity index is 1.71. The molecule has 5 heteroatoms. The van der Waals surface area contributed by atoms with E-state index in [2.05, 4.69) is 15.3 Å². The molecule has 0 radical (unpaired) electrons. The summed E-state index contributed by atoms with van der Waals surface area (Å²) in [6.07, 6.45) is 4.11. The summed E-state index contributed by atoms with van der Waals surface area (Å²) >= 11 is 5.87. The van der Waals surface area contributed by atoms with E-state index < -0.39 is 0 Å². The van der Waals surface area contributed by atoms with Crippen molar-refractivity contribution < 1.29 is 4.42 Å². The molecule has 0 spiro atoms. The summed E-state index contributed by atoms with van der Waals surface area (Å²) in [6, 6.07) is 7.87. The molecule has 20 heavy (non-hydrogen) atoms. The highest BCUT2D eigenvalue weighted by Gasteiger charge is 2.09. The maximum Gasteiger partial charge on any atom is 0.231 e. The van der Waals surface area contributed by atoms with Crippen LogP contribution in [-0.4, -0.2) is 16.5 Å². The maximum atomic E-state index is 5.87. The number of hydrogen-bond acceptors (Lipinski definition) is 4. The number of rotatable bonds is 4. The summed E-state index contributed by atoms with van der Waals surface area (Å²) in [6.45, 7) is 2.78. The second-order valence-electron chi connectivity index (χ2n) is 4.62. The number of aromatic nitrogens is 2. The fraction of sp³-hybridized carbons (Fsp3) is 0.200. The highest BCUT2D eigenvalue weighted by Crippen LogP contribution is 2.24. The zero-order chi connectivity index (χ0) is 13.9. The van der Waals surface area contributed by atoms with Crippen molar-refractivity contribution in [3.8, 4) is 0 Å². The Morgan fingerprint density at radius 2 is 2.00 bits per heavy atom. The number of benzene rings is 1. The standard InChI is InChI=1S/C15H14ClN3O/c1-10-8-20-15-13(10)14(18-9-19-15)17-7-6-11-2-4-12(16)5-3-11/h2-5,8-9H,6-7H2,1H3,(H,17,18,19). The predicted molar refractivity (Wildman–Crippen MR) is 80.2 cm³/mol. The van der Waals surface area contributed by atoms with Gasteiger partial charge in [-0.05, 0) is 31.0 Å².